The van der Waals surface area contributed by atoms with Crippen LogP contribution in [0.25, 0.3) is 0 Å². The maximum atomic E-state index is 11.4. The minimum absolute atomic E-state index is 0.305. The molecule has 108 valence electrons. The summed E-state index contributed by atoms with van der Waals surface area (Å²) in [6.45, 7) is 2.74. The molecule has 0 saturated carbocycles. The average Bonchev–Trinajstić information content (AvgIpc) is 2.78. The number of unbranched alkanes of at least 4 members (excludes halogenated alkanes) is 3. The summed E-state index contributed by atoms with van der Waals surface area (Å²) in [5.41, 5.74) is 0.735. The largest absolute Gasteiger partial charge is 0.465 e. The van der Waals surface area contributed by atoms with Crippen molar-refractivity contribution >= 4 is 34.2 Å². The summed E-state index contributed by atoms with van der Waals surface area (Å²) in [4.78, 5) is 16.4. The molecule has 0 unspecified atom stereocenters. The number of nitrogens with zero attached hydrogens (tertiary/aromatic N) is 1. The summed E-state index contributed by atoms with van der Waals surface area (Å²) in [6, 6.07) is 0. The van der Waals surface area contributed by atoms with E-state index in [1.54, 1.807) is 0 Å². The molecule has 1 rings (SSSR count). The highest BCUT2D eigenvalue weighted by Gasteiger charge is 2.15. The van der Waals surface area contributed by atoms with Gasteiger partial charge in [-0.05, 0) is 31.8 Å². The Morgan fingerprint density at radius 2 is 2.11 bits per heavy atom. The first-order valence-electron chi connectivity index (χ1n) is 6.47. The maximum absolute atomic E-state index is 11.4. The number of hydrogen-bond donors (Lipinski definition) is 1. The van der Waals surface area contributed by atoms with Crippen LogP contribution in [0.5, 0.6) is 0 Å². The highest BCUT2D eigenvalue weighted by Crippen LogP contribution is 2.23. The predicted octanol–water partition coefficient (Wildman–Crippen LogP) is 3.57. The molecule has 19 heavy (non-hydrogen) atoms. The summed E-state index contributed by atoms with van der Waals surface area (Å²) < 4.78 is 4.71. The van der Waals surface area contributed by atoms with E-state index >= 15 is 0 Å². The molecule has 1 heterocycles. The SMILES string of the molecule is COC(=O)c1sc(NCCCCCCSC)nc1C. The van der Waals surface area contributed by atoms with Crippen LogP contribution in [-0.2, 0) is 4.74 Å². The summed E-state index contributed by atoms with van der Waals surface area (Å²) in [5, 5.41) is 4.08. The molecule has 0 spiro atoms. The molecule has 0 saturated heterocycles. The number of nitrogens with one attached hydrogen (secondary N) is 1. The van der Waals surface area contributed by atoms with Crippen LogP contribution >= 0.6 is 23.1 Å². The molecular formula is C13H22N2O2S2. The smallest absolute Gasteiger partial charge is 0.350 e. The van der Waals surface area contributed by atoms with Crippen LogP contribution in [0.4, 0.5) is 5.13 Å². The first-order valence-corrected chi connectivity index (χ1v) is 8.68. The van der Waals surface area contributed by atoms with Crippen LogP contribution < -0.4 is 5.32 Å². The molecule has 0 aliphatic carbocycles. The molecule has 6 heteroatoms. The standard InChI is InChI=1S/C13H22N2O2S2/c1-10-11(12(16)17-2)19-13(15-10)14-8-6-4-5-7-9-18-3/h4-9H2,1-3H3,(H,14,15). The van der Waals surface area contributed by atoms with Gasteiger partial charge in [-0.3, -0.25) is 0 Å². The number of carbonyl (C=O) groups excluding carboxylic acids is 1. The van der Waals surface area contributed by atoms with Crippen LogP contribution in [0.3, 0.4) is 0 Å². The molecule has 0 aromatic carbocycles. The van der Waals surface area contributed by atoms with Crippen LogP contribution in [0.1, 0.15) is 41.0 Å². The number of ether oxygens (including phenoxy) is 1. The molecule has 1 N–H and O–H groups in total. The van der Waals surface area contributed by atoms with Gasteiger partial charge in [0.15, 0.2) is 5.13 Å². The number of thioether (sulfide) groups is 1. The highest BCUT2D eigenvalue weighted by molar-refractivity contribution is 7.98. The molecule has 0 aliphatic heterocycles. The van der Waals surface area contributed by atoms with E-state index in [0.29, 0.717) is 4.88 Å². The van der Waals surface area contributed by atoms with Gasteiger partial charge in [0.25, 0.3) is 0 Å². The topological polar surface area (TPSA) is 51.2 Å². The molecule has 0 bridgehead atoms. The van der Waals surface area contributed by atoms with Gasteiger partial charge in [-0.15, -0.1) is 0 Å². The summed E-state index contributed by atoms with van der Waals surface area (Å²) in [7, 11) is 1.39. The lowest BCUT2D eigenvalue weighted by Gasteiger charge is -2.02. The van der Waals surface area contributed by atoms with Crippen molar-refractivity contribution < 1.29 is 9.53 Å². The van der Waals surface area contributed by atoms with E-state index < -0.39 is 0 Å². The van der Waals surface area contributed by atoms with Crippen molar-refractivity contribution in [1.82, 2.24) is 4.98 Å². The molecule has 0 aliphatic rings. The van der Waals surface area contributed by atoms with Crippen LogP contribution in [0.2, 0.25) is 0 Å². The number of methoxy groups -OCH3 is 1. The van der Waals surface area contributed by atoms with Gasteiger partial charge >= 0.3 is 5.97 Å². The molecule has 0 fully saturated rings. The van der Waals surface area contributed by atoms with E-state index in [2.05, 4.69) is 16.6 Å². The third kappa shape index (κ3) is 5.82. The lowest BCUT2D eigenvalue weighted by Crippen LogP contribution is -2.00. The summed E-state index contributed by atoms with van der Waals surface area (Å²) in [5.74, 6) is 0.946. The number of rotatable bonds is 9. The van der Waals surface area contributed by atoms with Crippen molar-refractivity contribution in [3.05, 3.63) is 10.6 Å². The Labute approximate surface area is 123 Å². The quantitative estimate of drug-likeness (QED) is 0.558. The van der Waals surface area contributed by atoms with Crippen LogP contribution in [-0.4, -0.2) is 36.6 Å². The second-order valence-electron chi connectivity index (χ2n) is 4.26. The van der Waals surface area contributed by atoms with Gasteiger partial charge in [0, 0.05) is 6.54 Å². The van der Waals surface area contributed by atoms with E-state index in [1.165, 1.54) is 43.5 Å². The predicted molar refractivity (Wildman–Crippen MR) is 83.5 cm³/mol. The van der Waals surface area contributed by atoms with Crippen molar-refractivity contribution in [2.24, 2.45) is 0 Å². The molecule has 1 aromatic rings. The van der Waals surface area contributed by atoms with Crippen molar-refractivity contribution in [3.8, 4) is 0 Å². The average molecular weight is 302 g/mol. The van der Waals surface area contributed by atoms with E-state index in [9.17, 15) is 4.79 Å². The number of aryl methyl sites for hydroxylation is 1. The molecule has 4 nitrogen and oxygen atoms in total. The van der Waals surface area contributed by atoms with E-state index in [4.69, 9.17) is 4.74 Å². The third-order valence-electron chi connectivity index (χ3n) is 2.72. The van der Waals surface area contributed by atoms with Crippen molar-refractivity contribution in [1.29, 1.82) is 0 Å². The number of esters is 1. The fourth-order valence-corrected chi connectivity index (χ4v) is 3.08. The van der Waals surface area contributed by atoms with Gasteiger partial charge in [-0.2, -0.15) is 11.8 Å². The first-order chi connectivity index (χ1) is 9.19. The Morgan fingerprint density at radius 1 is 1.37 bits per heavy atom. The van der Waals surface area contributed by atoms with Crippen molar-refractivity contribution in [3.63, 3.8) is 0 Å². The molecule has 0 atom stereocenters. The van der Waals surface area contributed by atoms with Crippen LogP contribution in [0, 0.1) is 6.92 Å². The third-order valence-corrected chi connectivity index (χ3v) is 4.51. The normalized spacial score (nSPS) is 10.5. The number of thiazole rings is 1. The Hall–Kier alpha value is -0.750. The number of anilines is 1. The van der Waals surface area contributed by atoms with Gasteiger partial charge in [-0.1, -0.05) is 24.2 Å². The molecule has 0 amide bonds. The van der Waals surface area contributed by atoms with Crippen molar-refractivity contribution in [2.75, 3.05) is 31.0 Å². The summed E-state index contributed by atoms with van der Waals surface area (Å²) >= 11 is 3.27. The van der Waals surface area contributed by atoms with Gasteiger partial charge in [-0.25, -0.2) is 9.78 Å². The fraction of sp³-hybridized carbons (Fsp3) is 0.692. The highest BCUT2D eigenvalue weighted by atomic mass is 32.2. The van der Waals surface area contributed by atoms with E-state index in [-0.39, 0.29) is 5.97 Å². The van der Waals surface area contributed by atoms with Crippen molar-refractivity contribution in [2.45, 2.75) is 32.6 Å². The fourth-order valence-electron chi connectivity index (χ4n) is 1.67. The Kier molecular flexibility index (Phi) is 7.90. The number of aromatic nitrogens is 1. The van der Waals surface area contributed by atoms with Gasteiger partial charge in [0.1, 0.15) is 4.88 Å². The number of hydrogen-bond acceptors (Lipinski definition) is 6. The molecular weight excluding hydrogens is 280 g/mol. The van der Waals surface area contributed by atoms with Crippen LogP contribution in [0.15, 0.2) is 0 Å². The zero-order valence-corrected chi connectivity index (χ0v) is 13.5. The lowest BCUT2D eigenvalue weighted by atomic mass is 10.2. The minimum Gasteiger partial charge on any atom is -0.465 e. The molecule has 1 aromatic heterocycles. The van der Waals surface area contributed by atoms with Gasteiger partial charge < -0.3 is 10.1 Å². The zero-order valence-electron chi connectivity index (χ0n) is 11.8. The Bertz CT molecular complexity index is 394. The monoisotopic (exact) mass is 302 g/mol. The maximum Gasteiger partial charge on any atom is 0.350 e. The minimum atomic E-state index is -0.305. The lowest BCUT2D eigenvalue weighted by molar-refractivity contribution is 0.0605. The van der Waals surface area contributed by atoms with Gasteiger partial charge in [0.05, 0.1) is 12.8 Å². The second-order valence-corrected chi connectivity index (χ2v) is 6.24. The zero-order chi connectivity index (χ0) is 14.1. The Morgan fingerprint density at radius 3 is 2.79 bits per heavy atom. The Balaban J connectivity index is 2.25. The number of carbonyl (C=O) groups is 1. The van der Waals surface area contributed by atoms with Gasteiger partial charge in [0.2, 0.25) is 0 Å². The molecule has 0 radical (unpaired) electrons. The summed E-state index contributed by atoms with van der Waals surface area (Å²) in [6.07, 6.45) is 7.10. The van der Waals surface area contributed by atoms with E-state index in [0.717, 1.165) is 23.8 Å². The van der Waals surface area contributed by atoms with E-state index in [1.807, 2.05) is 18.7 Å². The first kappa shape index (κ1) is 16.3. The second kappa shape index (κ2) is 9.20.